The zero-order valence-electron chi connectivity index (χ0n) is 11.0. The van der Waals surface area contributed by atoms with Crippen molar-refractivity contribution in [1.29, 1.82) is 0 Å². The van der Waals surface area contributed by atoms with Crippen molar-refractivity contribution in [2.75, 3.05) is 6.61 Å². The molecule has 2 aromatic heterocycles. The molecule has 106 valence electrons. The number of nitrogens with two attached hydrogens (primary N) is 1. The Morgan fingerprint density at radius 1 is 1.35 bits per heavy atom. The van der Waals surface area contributed by atoms with Gasteiger partial charge in [-0.25, -0.2) is 5.84 Å². The minimum atomic E-state index is -0.380. The first kappa shape index (κ1) is 14.2. The Bertz CT molecular complexity index is 540. The van der Waals surface area contributed by atoms with Crippen LogP contribution < -0.4 is 11.3 Å². The molecule has 20 heavy (non-hydrogen) atoms. The van der Waals surface area contributed by atoms with Crippen LogP contribution in [0.3, 0.4) is 0 Å². The quantitative estimate of drug-likeness (QED) is 0.345. The van der Waals surface area contributed by atoms with Gasteiger partial charge in [-0.05, 0) is 36.6 Å². The number of hydrogen-bond acceptors (Lipinski definition) is 5. The van der Waals surface area contributed by atoms with E-state index in [4.69, 9.17) is 15.0 Å². The molecule has 0 radical (unpaired) electrons. The van der Waals surface area contributed by atoms with Gasteiger partial charge < -0.3 is 9.15 Å². The van der Waals surface area contributed by atoms with E-state index in [9.17, 15) is 4.79 Å². The third-order valence-electron chi connectivity index (χ3n) is 2.86. The Labute approximate surface area is 116 Å². The van der Waals surface area contributed by atoms with Crippen LogP contribution in [0.2, 0.25) is 0 Å². The van der Waals surface area contributed by atoms with Gasteiger partial charge in [0.25, 0.3) is 5.91 Å². The summed E-state index contributed by atoms with van der Waals surface area (Å²) >= 11 is 0. The van der Waals surface area contributed by atoms with Crippen molar-refractivity contribution in [2.45, 2.75) is 19.4 Å². The molecule has 0 bridgehead atoms. The Balaban J connectivity index is 1.71. The van der Waals surface area contributed by atoms with Crippen molar-refractivity contribution in [2.24, 2.45) is 5.84 Å². The highest BCUT2D eigenvalue weighted by Gasteiger charge is 2.13. The van der Waals surface area contributed by atoms with Gasteiger partial charge in [-0.15, -0.1) is 0 Å². The number of carbonyl (C=O) groups excluding carboxylic acids is 1. The number of nitrogens with zero attached hydrogens (tertiary/aromatic N) is 1. The highest BCUT2D eigenvalue weighted by molar-refractivity contribution is 5.94. The standard InChI is InChI=1S/C14H17N3O3/c15-17-14(18)12-5-9-20-13(12)10-19-8-1-2-11-3-6-16-7-4-11/h3-7,9H,1-2,8,10,15H2,(H,17,18). The van der Waals surface area contributed by atoms with Crippen molar-refractivity contribution in [3.8, 4) is 0 Å². The number of carbonyl (C=O) groups is 1. The Kier molecular flexibility index (Phi) is 5.28. The maximum absolute atomic E-state index is 11.4. The van der Waals surface area contributed by atoms with Gasteiger partial charge in [-0.2, -0.15) is 0 Å². The number of ether oxygens (including phenoxy) is 1. The predicted molar refractivity (Wildman–Crippen MR) is 72.6 cm³/mol. The number of nitrogen functional groups attached to an aromatic ring is 1. The summed E-state index contributed by atoms with van der Waals surface area (Å²) in [5.41, 5.74) is 3.70. The number of hydrogen-bond donors (Lipinski definition) is 2. The number of rotatable bonds is 7. The number of nitrogens with one attached hydrogen (secondary N) is 1. The molecule has 2 heterocycles. The molecule has 0 fully saturated rings. The van der Waals surface area contributed by atoms with Crippen molar-refractivity contribution in [3.63, 3.8) is 0 Å². The Morgan fingerprint density at radius 2 is 2.15 bits per heavy atom. The number of hydrazine groups is 1. The third-order valence-corrected chi connectivity index (χ3v) is 2.86. The molecule has 6 heteroatoms. The van der Waals surface area contributed by atoms with Gasteiger partial charge >= 0.3 is 0 Å². The highest BCUT2D eigenvalue weighted by Crippen LogP contribution is 2.12. The molecular weight excluding hydrogens is 258 g/mol. The number of aromatic nitrogens is 1. The second kappa shape index (κ2) is 7.42. The molecule has 2 aromatic rings. The molecule has 0 saturated carbocycles. The van der Waals surface area contributed by atoms with Crippen LogP contribution in [0.4, 0.5) is 0 Å². The van der Waals surface area contributed by atoms with E-state index < -0.39 is 0 Å². The van der Waals surface area contributed by atoms with E-state index in [0.29, 0.717) is 17.9 Å². The zero-order chi connectivity index (χ0) is 14.2. The molecule has 6 nitrogen and oxygen atoms in total. The van der Waals surface area contributed by atoms with E-state index in [2.05, 4.69) is 10.4 Å². The van der Waals surface area contributed by atoms with Gasteiger partial charge in [0.1, 0.15) is 12.4 Å². The molecule has 1 amide bonds. The maximum Gasteiger partial charge on any atom is 0.268 e. The lowest BCUT2D eigenvalue weighted by molar-refractivity contribution is 0.0914. The molecule has 0 unspecified atom stereocenters. The molecule has 2 rings (SSSR count). The van der Waals surface area contributed by atoms with E-state index in [1.807, 2.05) is 12.1 Å². The first-order chi connectivity index (χ1) is 9.81. The first-order valence-electron chi connectivity index (χ1n) is 6.35. The summed E-state index contributed by atoms with van der Waals surface area (Å²) in [4.78, 5) is 15.4. The second-order valence-corrected chi connectivity index (χ2v) is 4.24. The lowest BCUT2D eigenvalue weighted by Gasteiger charge is -2.04. The molecule has 0 aliphatic carbocycles. The van der Waals surface area contributed by atoms with E-state index >= 15 is 0 Å². The Morgan fingerprint density at radius 3 is 2.90 bits per heavy atom. The second-order valence-electron chi connectivity index (χ2n) is 4.24. The number of aryl methyl sites for hydroxylation is 1. The molecular formula is C14H17N3O3. The van der Waals surface area contributed by atoms with E-state index in [1.54, 1.807) is 18.5 Å². The Hall–Kier alpha value is -2.18. The number of amides is 1. The van der Waals surface area contributed by atoms with Crippen LogP contribution in [0.15, 0.2) is 41.3 Å². The van der Waals surface area contributed by atoms with Crippen LogP contribution in [-0.2, 0) is 17.8 Å². The fraction of sp³-hybridized carbons (Fsp3) is 0.286. The van der Waals surface area contributed by atoms with Crippen LogP contribution in [-0.4, -0.2) is 17.5 Å². The van der Waals surface area contributed by atoms with Crippen molar-refractivity contribution in [1.82, 2.24) is 10.4 Å². The number of furan rings is 1. The van der Waals surface area contributed by atoms with Gasteiger partial charge in [-0.3, -0.25) is 15.2 Å². The lowest BCUT2D eigenvalue weighted by atomic mass is 10.1. The minimum Gasteiger partial charge on any atom is -0.466 e. The van der Waals surface area contributed by atoms with Crippen LogP contribution in [0.5, 0.6) is 0 Å². The van der Waals surface area contributed by atoms with Crippen LogP contribution in [0.25, 0.3) is 0 Å². The van der Waals surface area contributed by atoms with Crippen molar-refractivity contribution < 1.29 is 13.9 Å². The van der Waals surface area contributed by atoms with Crippen LogP contribution >= 0.6 is 0 Å². The van der Waals surface area contributed by atoms with Gasteiger partial charge in [0, 0.05) is 19.0 Å². The molecule has 0 aliphatic rings. The van der Waals surface area contributed by atoms with E-state index in [1.165, 1.54) is 11.8 Å². The topological polar surface area (TPSA) is 90.4 Å². The first-order valence-corrected chi connectivity index (χ1v) is 6.35. The molecule has 0 atom stereocenters. The SMILES string of the molecule is NNC(=O)c1ccoc1COCCCc1ccncc1. The predicted octanol–water partition coefficient (Wildman–Crippen LogP) is 1.43. The van der Waals surface area contributed by atoms with Gasteiger partial charge in [0.05, 0.1) is 11.8 Å². The summed E-state index contributed by atoms with van der Waals surface area (Å²) in [6.45, 7) is 0.846. The smallest absolute Gasteiger partial charge is 0.268 e. The monoisotopic (exact) mass is 275 g/mol. The average molecular weight is 275 g/mol. The number of pyridine rings is 1. The molecule has 0 saturated heterocycles. The fourth-order valence-corrected chi connectivity index (χ4v) is 1.83. The van der Waals surface area contributed by atoms with Crippen molar-refractivity contribution >= 4 is 5.91 Å². The lowest BCUT2D eigenvalue weighted by Crippen LogP contribution is -2.30. The van der Waals surface area contributed by atoms with Crippen LogP contribution in [0.1, 0.15) is 28.1 Å². The maximum atomic E-state index is 11.4. The summed E-state index contributed by atoms with van der Waals surface area (Å²) in [5, 5.41) is 0. The van der Waals surface area contributed by atoms with Gasteiger partial charge in [0.15, 0.2) is 0 Å². The summed E-state index contributed by atoms with van der Waals surface area (Å²) < 4.78 is 10.7. The summed E-state index contributed by atoms with van der Waals surface area (Å²) in [6, 6.07) is 5.53. The molecule has 3 N–H and O–H groups in total. The van der Waals surface area contributed by atoms with Crippen molar-refractivity contribution in [3.05, 3.63) is 53.7 Å². The van der Waals surface area contributed by atoms with E-state index in [-0.39, 0.29) is 12.5 Å². The normalized spacial score (nSPS) is 10.4. The van der Waals surface area contributed by atoms with Gasteiger partial charge in [0.2, 0.25) is 0 Å². The molecule has 0 aromatic carbocycles. The summed E-state index contributed by atoms with van der Waals surface area (Å²) in [6.07, 6.45) is 6.81. The molecule has 0 aliphatic heterocycles. The van der Waals surface area contributed by atoms with Gasteiger partial charge in [-0.1, -0.05) is 0 Å². The average Bonchev–Trinajstić information content (AvgIpc) is 2.95. The van der Waals surface area contributed by atoms with Crippen LogP contribution in [0, 0.1) is 0 Å². The highest BCUT2D eigenvalue weighted by atomic mass is 16.5. The van der Waals surface area contributed by atoms with E-state index in [0.717, 1.165) is 12.8 Å². The zero-order valence-corrected chi connectivity index (χ0v) is 11.0. The fourth-order valence-electron chi connectivity index (χ4n) is 1.83. The molecule has 0 spiro atoms. The minimum absolute atomic E-state index is 0.256. The summed E-state index contributed by atoms with van der Waals surface area (Å²) in [5.74, 6) is 5.19. The third kappa shape index (κ3) is 3.91. The summed E-state index contributed by atoms with van der Waals surface area (Å²) in [7, 11) is 0. The largest absolute Gasteiger partial charge is 0.466 e.